The van der Waals surface area contributed by atoms with Gasteiger partial charge in [0, 0.05) is 37.8 Å². The van der Waals surface area contributed by atoms with Crippen LogP contribution in [-0.2, 0) is 19.5 Å². The fourth-order valence-corrected chi connectivity index (χ4v) is 4.31. The normalized spacial score (nSPS) is 19.5. The van der Waals surface area contributed by atoms with Crippen molar-refractivity contribution in [3.63, 3.8) is 0 Å². The van der Waals surface area contributed by atoms with E-state index in [1.165, 1.54) is 37.2 Å². The number of fused-ring (bicyclic) bond motifs is 1. The van der Waals surface area contributed by atoms with E-state index in [1.54, 1.807) is 0 Å². The number of nitrogens with one attached hydrogen (secondary N) is 2. The summed E-state index contributed by atoms with van der Waals surface area (Å²) in [5.41, 5.74) is 2.57. The number of piperidine rings is 1. The van der Waals surface area contributed by atoms with Crippen LogP contribution in [0.25, 0.3) is 0 Å². The van der Waals surface area contributed by atoms with Crippen molar-refractivity contribution in [1.29, 1.82) is 0 Å². The van der Waals surface area contributed by atoms with Crippen molar-refractivity contribution >= 4 is 35.6 Å². The van der Waals surface area contributed by atoms with Gasteiger partial charge in [-0.1, -0.05) is 19.1 Å². The Morgan fingerprint density at radius 2 is 1.90 bits per heavy atom. The van der Waals surface area contributed by atoms with Gasteiger partial charge in [0.15, 0.2) is 5.96 Å². The van der Waals surface area contributed by atoms with Gasteiger partial charge in [0.25, 0.3) is 0 Å². The maximum atomic E-state index is 4.83. The van der Waals surface area contributed by atoms with Crippen LogP contribution in [0.1, 0.15) is 50.3 Å². The molecular weight excluding hydrogens is 501 g/mol. The Bertz CT molecular complexity index is 853. The average molecular weight is 537 g/mol. The van der Waals surface area contributed by atoms with Gasteiger partial charge in [0.05, 0.1) is 13.1 Å². The molecule has 1 unspecified atom stereocenters. The van der Waals surface area contributed by atoms with E-state index < -0.39 is 0 Å². The predicted molar refractivity (Wildman–Crippen MR) is 137 cm³/mol. The van der Waals surface area contributed by atoms with Crippen molar-refractivity contribution in [2.75, 3.05) is 24.5 Å². The lowest BCUT2D eigenvalue weighted by molar-refractivity contribution is 0.392. The molecule has 0 bridgehead atoms. The van der Waals surface area contributed by atoms with E-state index in [0.717, 1.165) is 49.5 Å². The lowest BCUT2D eigenvalue weighted by atomic mass is 9.99. The van der Waals surface area contributed by atoms with Crippen molar-refractivity contribution in [1.82, 2.24) is 25.4 Å². The first-order valence-corrected chi connectivity index (χ1v) is 11.4. The van der Waals surface area contributed by atoms with Gasteiger partial charge in [-0.15, -0.1) is 24.0 Å². The molecule has 170 valence electrons. The molecule has 3 heterocycles. The van der Waals surface area contributed by atoms with E-state index in [0.29, 0.717) is 12.6 Å². The number of benzene rings is 1. The molecule has 0 amide bonds. The number of halogens is 1. The molecule has 1 atom stereocenters. The molecule has 0 radical (unpaired) electrons. The van der Waals surface area contributed by atoms with Crippen molar-refractivity contribution in [2.45, 2.75) is 65.6 Å². The lowest BCUT2D eigenvalue weighted by Gasteiger charge is -2.32. The van der Waals surface area contributed by atoms with Crippen LogP contribution in [0.3, 0.4) is 0 Å². The average Bonchev–Trinajstić information content (AvgIpc) is 3.12. The number of aliphatic imine (C=N–C) groups is 1. The van der Waals surface area contributed by atoms with Gasteiger partial charge >= 0.3 is 0 Å². The zero-order chi connectivity index (χ0) is 20.9. The van der Waals surface area contributed by atoms with Crippen molar-refractivity contribution in [3.8, 4) is 0 Å². The summed E-state index contributed by atoms with van der Waals surface area (Å²) in [6, 6.07) is 9.24. The van der Waals surface area contributed by atoms with Gasteiger partial charge in [-0.25, -0.2) is 14.7 Å². The highest BCUT2D eigenvalue weighted by atomic mass is 127. The van der Waals surface area contributed by atoms with Gasteiger partial charge in [0.1, 0.15) is 11.6 Å². The minimum atomic E-state index is 0. The molecule has 1 fully saturated rings. The highest BCUT2D eigenvalue weighted by Gasteiger charge is 2.21. The van der Waals surface area contributed by atoms with Gasteiger partial charge in [-0.3, -0.25) is 0 Å². The fraction of sp³-hybridized carbons (Fsp3) is 0.609. The first-order valence-electron chi connectivity index (χ1n) is 11.4. The number of aromatic nitrogens is 3. The van der Waals surface area contributed by atoms with Crippen LogP contribution >= 0.6 is 24.0 Å². The maximum Gasteiger partial charge on any atom is 0.191 e. The third kappa shape index (κ3) is 6.33. The van der Waals surface area contributed by atoms with E-state index >= 15 is 0 Å². The molecule has 1 saturated heterocycles. The number of anilines is 1. The van der Waals surface area contributed by atoms with Crippen LogP contribution in [0.15, 0.2) is 29.3 Å². The Labute approximate surface area is 203 Å². The first kappa shape index (κ1) is 23.8. The maximum absolute atomic E-state index is 4.83. The summed E-state index contributed by atoms with van der Waals surface area (Å²) < 4.78 is 2.03. The molecule has 2 N–H and O–H groups in total. The van der Waals surface area contributed by atoms with Gasteiger partial charge < -0.3 is 15.5 Å². The van der Waals surface area contributed by atoms with Crippen LogP contribution in [0, 0.1) is 12.8 Å². The number of aryl methyl sites for hydroxylation is 2. The van der Waals surface area contributed by atoms with Crippen LogP contribution in [-0.4, -0.2) is 46.4 Å². The molecule has 0 saturated carbocycles. The van der Waals surface area contributed by atoms with E-state index in [4.69, 9.17) is 4.99 Å². The van der Waals surface area contributed by atoms with Gasteiger partial charge in [0.2, 0.25) is 0 Å². The van der Waals surface area contributed by atoms with E-state index in [1.807, 2.05) is 11.6 Å². The minimum absolute atomic E-state index is 0. The van der Waals surface area contributed by atoms with Crippen LogP contribution < -0.4 is 15.5 Å². The number of hydrogen-bond donors (Lipinski definition) is 2. The molecule has 1 aromatic carbocycles. The topological polar surface area (TPSA) is 70.4 Å². The van der Waals surface area contributed by atoms with E-state index in [2.05, 4.69) is 63.7 Å². The standard InChI is InChI=1S/C23H35N7.HI/c1-4-24-23(27-20-7-10-22-26-18(3)28-30(22)16-20)25-15-19-5-8-21(9-6-19)29-13-11-17(2)12-14-29;/h5-6,8-9,17,20H,4,7,10-16H2,1-3H3,(H2,24,25,27);1H. The smallest absolute Gasteiger partial charge is 0.191 e. The number of guanidine groups is 1. The summed E-state index contributed by atoms with van der Waals surface area (Å²) in [5.74, 6) is 3.68. The molecule has 4 rings (SSSR count). The molecule has 1 aromatic heterocycles. The summed E-state index contributed by atoms with van der Waals surface area (Å²) in [5, 5.41) is 11.5. The van der Waals surface area contributed by atoms with Crippen molar-refractivity contribution in [3.05, 3.63) is 41.5 Å². The third-order valence-electron chi connectivity index (χ3n) is 6.15. The fourth-order valence-electron chi connectivity index (χ4n) is 4.31. The Balaban J connectivity index is 0.00000272. The monoisotopic (exact) mass is 537 g/mol. The molecular formula is C23H36IN7. The highest BCUT2D eigenvalue weighted by Crippen LogP contribution is 2.23. The Morgan fingerprint density at radius 1 is 1.16 bits per heavy atom. The summed E-state index contributed by atoms with van der Waals surface area (Å²) in [6.45, 7) is 11.1. The molecule has 2 aromatic rings. The van der Waals surface area contributed by atoms with Gasteiger partial charge in [-0.05, 0) is 56.7 Å². The number of hydrogen-bond acceptors (Lipinski definition) is 4. The number of nitrogens with zero attached hydrogens (tertiary/aromatic N) is 5. The number of rotatable bonds is 5. The molecule has 0 spiro atoms. The minimum Gasteiger partial charge on any atom is -0.372 e. The second-order valence-corrected chi connectivity index (χ2v) is 8.67. The summed E-state index contributed by atoms with van der Waals surface area (Å²) in [7, 11) is 0. The second-order valence-electron chi connectivity index (χ2n) is 8.67. The van der Waals surface area contributed by atoms with Crippen LogP contribution in [0.4, 0.5) is 5.69 Å². The van der Waals surface area contributed by atoms with Crippen molar-refractivity contribution in [2.24, 2.45) is 10.9 Å². The predicted octanol–water partition coefficient (Wildman–Crippen LogP) is 3.51. The largest absolute Gasteiger partial charge is 0.372 e. The zero-order valence-corrected chi connectivity index (χ0v) is 21.3. The zero-order valence-electron chi connectivity index (χ0n) is 19.0. The van der Waals surface area contributed by atoms with Crippen LogP contribution in [0.2, 0.25) is 0 Å². The molecule has 2 aliphatic heterocycles. The summed E-state index contributed by atoms with van der Waals surface area (Å²) in [6.07, 6.45) is 4.58. The third-order valence-corrected chi connectivity index (χ3v) is 6.15. The van der Waals surface area contributed by atoms with Crippen molar-refractivity contribution < 1.29 is 0 Å². The van der Waals surface area contributed by atoms with Crippen LogP contribution in [0.5, 0.6) is 0 Å². The molecule has 31 heavy (non-hydrogen) atoms. The quantitative estimate of drug-likeness (QED) is 0.347. The van der Waals surface area contributed by atoms with Gasteiger partial charge in [-0.2, -0.15) is 5.10 Å². The SMILES string of the molecule is CCNC(=NCc1ccc(N2CCC(C)CC2)cc1)NC1CCc2nc(C)nn2C1.I. The van der Waals surface area contributed by atoms with E-state index in [-0.39, 0.29) is 24.0 Å². The lowest BCUT2D eigenvalue weighted by Crippen LogP contribution is -2.47. The Kier molecular flexibility index (Phi) is 8.57. The molecule has 7 nitrogen and oxygen atoms in total. The molecule has 0 aliphatic carbocycles. The second kappa shape index (κ2) is 11.2. The summed E-state index contributed by atoms with van der Waals surface area (Å²) in [4.78, 5) is 11.8. The molecule has 8 heteroatoms. The Hall–Kier alpha value is -1.84. The summed E-state index contributed by atoms with van der Waals surface area (Å²) >= 11 is 0. The highest BCUT2D eigenvalue weighted by molar-refractivity contribution is 14.0. The molecule has 2 aliphatic rings. The Morgan fingerprint density at radius 3 is 2.61 bits per heavy atom. The van der Waals surface area contributed by atoms with E-state index in [9.17, 15) is 0 Å². The first-order chi connectivity index (χ1) is 14.6.